The highest BCUT2D eigenvalue weighted by Crippen LogP contribution is 2.37. The molecule has 1 heterocycles. The Morgan fingerprint density at radius 2 is 2.09 bits per heavy atom. The van der Waals surface area contributed by atoms with Crippen molar-refractivity contribution in [2.45, 2.75) is 19.3 Å². The SMILES string of the molecule is O=Cc1sc(Br)c2c1CCC2. The van der Waals surface area contributed by atoms with E-state index in [0.717, 1.165) is 27.8 Å². The van der Waals surface area contributed by atoms with Crippen molar-refractivity contribution in [3.63, 3.8) is 0 Å². The molecule has 0 unspecified atom stereocenters. The Morgan fingerprint density at radius 3 is 2.82 bits per heavy atom. The molecule has 0 bridgehead atoms. The van der Waals surface area contributed by atoms with Gasteiger partial charge in [0.05, 0.1) is 8.66 Å². The van der Waals surface area contributed by atoms with Gasteiger partial charge >= 0.3 is 0 Å². The molecular weight excluding hydrogens is 224 g/mol. The first kappa shape index (κ1) is 7.50. The standard InChI is InChI=1S/C8H7BrOS/c9-8-6-3-1-2-5(6)7(4-10)11-8/h4H,1-3H2. The first-order chi connectivity index (χ1) is 5.33. The number of thiophene rings is 1. The molecule has 11 heavy (non-hydrogen) atoms. The van der Waals surface area contributed by atoms with Crippen LogP contribution in [0.3, 0.4) is 0 Å². The van der Waals surface area contributed by atoms with Crippen LogP contribution in [0.25, 0.3) is 0 Å². The second-order valence-corrected chi connectivity index (χ2v) is 5.04. The van der Waals surface area contributed by atoms with Gasteiger partial charge in [-0.25, -0.2) is 0 Å². The molecule has 3 heteroatoms. The van der Waals surface area contributed by atoms with Crippen molar-refractivity contribution in [3.05, 3.63) is 19.8 Å². The summed E-state index contributed by atoms with van der Waals surface area (Å²) >= 11 is 5.03. The van der Waals surface area contributed by atoms with Gasteiger partial charge in [-0.2, -0.15) is 0 Å². The molecular formula is C8H7BrOS. The van der Waals surface area contributed by atoms with Crippen LogP contribution in [0, 0.1) is 0 Å². The van der Waals surface area contributed by atoms with Gasteiger partial charge in [0, 0.05) is 0 Å². The van der Waals surface area contributed by atoms with Crippen molar-refractivity contribution >= 4 is 33.6 Å². The summed E-state index contributed by atoms with van der Waals surface area (Å²) in [5.74, 6) is 0. The first-order valence-corrected chi connectivity index (χ1v) is 5.19. The molecule has 0 fully saturated rings. The van der Waals surface area contributed by atoms with Crippen LogP contribution in [-0.4, -0.2) is 6.29 Å². The van der Waals surface area contributed by atoms with Gasteiger partial charge in [-0.3, -0.25) is 4.79 Å². The molecule has 1 aliphatic rings. The monoisotopic (exact) mass is 230 g/mol. The van der Waals surface area contributed by atoms with Crippen molar-refractivity contribution in [1.82, 2.24) is 0 Å². The Labute approximate surface area is 77.6 Å². The summed E-state index contributed by atoms with van der Waals surface area (Å²) in [4.78, 5) is 11.5. The quantitative estimate of drug-likeness (QED) is 0.679. The third-order valence-electron chi connectivity index (χ3n) is 2.06. The van der Waals surface area contributed by atoms with Crippen molar-refractivity contribution < 1.29 is 4.79 Å². The van der Waals surface area contributed by atoms with Gasteiger partial charge in [0.1, 0.15) is 0 Å². The van der Waals surface area contributed by atoms with E-state index >= 15 is 0 Å². The third-order valence-corrected chi connectivity index (χ3v) is 4.01. The lowest BCUT2D eigenvalue weighted by Crippen LogP contribution is -1.80. The summed E-state index contributed by atoms with van der Waals surface area (Å²) in [5, 5.41) is 0. The average molecular weight is 231 g/mol. The maximum absolute atomic E-state index is 10.6. The normalized spacial score (nSPS) is 15.0. The molecule has 0 radical (unpaired) electrons. The average Bonchev–Trinajstić information content (AvgIpc) is 2.54. The lowest BCUT2D eigenvalue weighted by Gasteiger charge is -1.87. The van der Waals surface area contributed by atoms with E-state index in [1.807, 2.05) is 0 Å². The first-order valence-electron chi connectivity index (χ1n) is 3.58. The van der Waals surface area contributed by atoms with Crippen molar-refractivity contribution in [2.24, 2.45) is 0 Å². The molecule has 2 rings (SSSR count). The summed E-state index contributed by atoms with van der Waals surface area (Å²) in [6.45, 7) is 0. The molecule has 0 N–H and O–H groups in total. The van der Waals surface area contributed by atoms with Crippen LogP contribution >= 0.6 is 27.3 Å². The van der Waals surface area contributed by atoms with Gasteiger partial charge in [0.25, 0.3) is 0 Å². The smallest absolute Gasteiger partial charge is 0.160 e. The van der Waals surface area contributed by atoms with E-state index in [2.05, 4.69) is 15.9 Å². The van der Waals surface area contributed by atoms with Gasteiger partial charge in [0.15, 0.2) is 6.29 Å². The van der Waals surface area contributed by atoms with E-state index in [4.69, 9.17) is 0 Å². The highest BCUT2D eigenvalue weighted by atomic mass is 79.9. The van der Waals surface area contributed by atoms with Gasteiger partial charge in [-0.1, -0.05) is 0 Å². The van der Waals surface area contributed by atoms with Crippen LogP contribution in [0.1, 0.15) is 27.2 Å². The molecule has 0 aliphatic heterocycles. The van der Waals surface area contributed by atoms with E-state index < -0.39 is 0 Å². The molecule has 1 aliphatic carbocycles. The number of hydrogen-bond acceptors (Lipinski definition) is 2. The minimum Gasteiger partial charge on any atom is -0.297 e. The second-order valence-electron chi connectivity index (χ2n) is 2.67. The number of rotatable bonds is 1. The molecule has 0 saturated carbocycles. The molecule has 0 atom stereocenters. The zero-order valence-corrected chi connectivity index (χ0v) is 8.30. The van der Waals surface area contributed by atoms with Crippen LogP contribution < -0.4 is 0 Å². The molecule has 0 saturated heterocycles. The van der Waals surface area contributed by atoms with Crippen LogP contribution in [0.5, 0.6) is 0 Å². The third kappa shape index (κ3) is 1.07. The van der Waals surface area contributed by atoms with Crippen LogP contribution in [-0.2, 0) is 12.8 Å². The van der Waals surface area contributed by atoms with Gasteiger partial charge in [-0.05, 0) is 46.3 Å². The van der Waals surface area contributed by atoms with Gasteiger partial charge in [0.2, 0.25) is 0 Å². The largest absolute Gasteiger partial charge is 0.297 e. The van der Waals surface area contributed by atoms with E-state index in [1.165, 1.54) is 17.5 Å². The Balaban J connectivity index is 2.60. The highest BCUT2D eigenvalue weighted by Gasteiger charge is 2.20. The molecule has 0 amide bonds. The minimum absolute atomic E-state index is 0.921. The number of fused-ring (bicyclic) bond motifs is 1. The summed E-state index contributed by atoms with van der Waals surface area (Å²) in [6.07, 6.45) is 4.41. The summed E-state index contributed by atoms with van der Waals surface area (Å²) in [7, 11) is 0. The van der Waals surface area contributed by atoms with E-state index in [9.17, 15) is 4.79 Å². The molecule has 1 nitrogen and oxygen atoms in total. The zero-order chi connectivity index (χ0) is 7.84. The van der Waals surface area contributed by atoms with Crippen LogP contribution in [0.15, 0.2) is 3.79 Å². The number of halogens is 1. The Bertz CT molecular complexity index is 303. The predicted octanol–water partition coefficient (Wildman–Crippen LogP) is 2.81. The lowest BCUT2D eigenvalue weighted by atomic mass is 10.2. The molecule has 58 valence electrons. The Hall–Kier alpha value is -0.150. The van der Waals surface area contributed by atoms with E-state index in [0.29, 0.717) is 0 Å². The summed E-state index contributed by atoms with van der Waals surface area (Å²) in [5.41, 5.74) is 2.66. The highest BCUT2D eigenvalue weighted by molar-refractivity contribution is 9.11. The summed E-state index contributed by atoms with van der Waals surface area (Å²) in [6, 6.07) is 0. The molecule has 0 spiro atoms. The van der Waals surface area contributed by atoms with E-state index in [1.54, 1.807) is 11.3 Å². The summed E-state index contributed by atoms with van der Waals surface area (Å²) < 4.78 is 1.16. The topological polar surface area (TPSA) is 17.1 Å². The van der Waals surface area contributed by atoms with Crippen molar-refractivity contribution in [1.29, 1.82) is 0 Å². The number of carbonyl (C=O) groups excluding carboxylic acids is 1. The second kappa shape index (κ2) is 2.72. The van der Waals surface area contributed by atoms with Crippen molar-refractivity contribution in [2.75, 3.05) is 0 Å². The molecule has 1 aromatic heterocycles. The fourth-order valence-electron chi connectivity index (χ4n) is 1.55. The molecule has 1 aromatic rings. The Kier molecular flexibility index (Phi) is 1.85. The fourth-order valence-corrected chi connectivity index (χ4v) is 3.45. The Morgan fingerprint density at radius 1 is 1.36 bits per heavy atom. The fraction of sp³-hybridized carbons (Fsp3) is 0.375. The van der Waals surface area contributed by atoms with E-state index in [-0.39, 0.29) is 0 Å². The number of carbonyl (C=O) groups is 1. The minimum atomic E-state index is 0.921. The lowest BCUT2D eigenvalue weighted by molar-refractivity contribution is 0.112. The van der Waals surface area contributed by atoms with Gasteiger partial charge < -0.3 is 0 Å². The van der Waals surface area contributed by atoms with Crippen molar-refractivity contribution in [3.8, 4) is 0 Å². The van der Waals surface area contributed by atoms with Crippen LogP contribution in [0.2, 0.25) is 0 Å². The number of aldehydes is 1. The maximum Gasteiger partial charge on any atom is 0.160 e. The number of hydrogen-bond donors (Lipinski definition) is 0. The van der Waals surface area contributed by atoms with Gasteiger partial charge in [-0.15, -0.1) is 11.3 Å². The van der Waals surface area contributed by atoms with Crippen LogP contribution in [0.4, 0.5) is 0 Å². The maximum atomic E-state index is 10.6. The predicted molar refractivity (Wildman–Crippen MR) is 49.4 cm³/mol. The zero-order valence-electron chi connectivity index (χ0n) is 5.89. The molecule has 0 aromatic carbocycles.